The van der Waals surface area contributed by atoms with Crippen LogP contribution in [0.5, 0.6) is 11.5 Å². The van der Waals surface area contributed by atoms with Gasteiger partial charge in [-0.25, -0.2) is 0 Å². The van der Waals surface area contributed by atoms with Crippen molar-refractivity contribution in [1.29, 1.82) is 0 Å². The number of benzene rings is 1. The van der Waals surface area contributed by atoms with E-state index in [0.29, 0.717) is 17.6 Å². The Balaban J connectivity index is 2.20. The van der Waals surface area contributed by atoms with Gasteiger partial charge in [-0.2, -0.15) is 0 Å². The molecule has 0 amide bonds. The van der Waals surface area contributed by atoms with Crippen LogP contribution in [0.15, 0.2) is 18.2 Å². The molecular weight excluding hydrogens is 180 g/mol. The summed E-state index contributed by atoms with van der Waals surface area (Å²) in [7, 11) is 1.54. The average molecular weight is 194 g/mol. The van der Waals surface area contributed by atoms with E-state index < -0.39 is 0 Å². The van der Waals surface area contributed by atoms with Gasteiger partial charge in [0.15, 0.2) is 11.5 Å². The highest BCUT2D eigenvalue weighted by Crippen LogP contribution is 2.48. The summed E-state index contributed by atoms with van der Waals surface area (Å²) in [6.45, 7) is 0.244. The molecule has 1 aromatic carbocycles. The number of methoxy groups -OCH3 is 1. The molecule has 1 fully saturated rings. The maximum absolute atomic E-state index is 9.39. The number of ether oxygens (including phenoxy) is 1. The lowest BCUT2D eigenvalue weighted by molar-refractivity contribution is 0.274. The Morgan fingerprint density at radius 3 is 2.86 bits per heavy atom. The van der Waals surface area contributed by atoms with Crippen LogP contribution in [-0.4, -0.2) is 23.9 Å². The van der Waals surface area contributed by atoms with Gasteiger partial charge in [0.1, 0.15) is 0 Å². The second kappa shape index (κ2) is 3.50. The zero-order valence-electron chi connectivity index (χ0n) is 8.10. The summed E-state index contributed by atoms with van der Waals surface area (Å²) in [4.78, 5) is 0. The van der Waals surface area contributed by atoms with Crippen LogP contribution in [0.3, 0.4) is 0 Å². The summed E-state index contributed by atoms with van der Waals surface area (Å²) < 4.78 is 5.02. The van der Waals surface area contributed by atoms with Crippen LogP contribution in [0.4, 0.5) is 0 Å². The van der Waals surface area contributed by atoms with Crippen LogP contribution in [0, 0.1) is 5.92 Å². The maximum Gasteiger partial charge on any atom is 0.160 e. The summed E-state index contributed by atoms with van der Waals surface area (Å²) in [6.07, 6.45) is 1.03. The summed E-state index contributed by atoms with van der Waals surface area (Å²) in [6, 6.07) is 5.37. The fraction of sp³-hybridized carbons (Fsp3) is 0.455. The molecule has 0 aromatic heterocycles. The van der Waals surface area contributed by atoms with E-state index in [2.05, 4.69) is 0 Å². The van der Waals surface area contributed by atoms with E-state index >= 15 is 0 Å². The van der Waals surface area contributed by atoms with Gasteiger partial charge in [-0.05, 0) is 36.0 Å². The molecule has 0 aliphatic heterocycles. The summed E-state index contributed by atoms with van der Waals surface area (Å²) in [5.74, 6) is 1.50. The van der Waals surface area contributed by atoms with Gasteiger partial charge in [-0.1, -0.05) is 6.07 Å². The van der Waals surface area contributed by atoms with Gasteiger partial charge >= 0.3 is 0 Å². The number of aliphatic hydroxyl groups excluding tert-OH is 1. The fourth-order valence-electron chi connectivity index (χ4n) is 1.78. The van der Waals surface area contributed by atoms with E-state index in [9.17, 15) is 5.11 Å². The molecule has 1 aliphatic carbocycles. The Morgan fingerprint density at radius 1 is 1.50 bits per heavy atom. The van der Waals surface area contributed by atoms with E-state index in [1.165, 1.54) is 7.11 Å². The van der Waals surface area contributed by atoms with Crippen LogP contribution < -0.4 is 4.74 Å². The first kappa shape index (κ1) is 9.34. The Bertz CT molecular complexity index is 335. The molecule has 0 spiro atoms. The van der Waals surface area contributed by atoms with Crippen LogP contribution in [0.1, 0.15) is 17.9 Å². The van der Waals surface area contributed by atoms with E-state index in [-0.39, 0.29) is 12.4 Å². The van der Waals surface area contributed by atoms with Crippen LogP contribution >= 0.6 is 0 Å². The predicted octanol–water partition coefficient (Wildman–Crippen LogP) is 1.50. The molecule has 0 radical (unpaired) electrons. The van der Waals surface area contributed by atoms with Crippen LogP contribution in [0.25, 0.3) is 0 Å². The molecule has 1 aromatic rings. The Kier molecular flexibility index (Phi) is 2.33. The maximum atomic E-state index is 9.39. The number of hydrogen-bond donors (Lipinski definition) is 2. The summed E-state index contributed by atoms with van der Waals surface area (Å²) in [5, 5.41) is 18.3. The standard InChI is InChI=1S/C11H14O3/c1-14-11-5-7(2-3-10(11)13)9-4-8(9)6-12/h2-3,5,8-9,12-13H,4,6H2,1H3/t8-,9-/m0/s1. The zero-order chi connectivity index (χ0) is 10.1. The molecule has 76 valence electrons. The van der Waals surface area contributed by atoms with E-state index in [1.54, 1.807) is 6.07 Å². The lowest BCUT2D eigenvalue weighted by Crippen LogP contribution is -1.90. The monoisotopic (exact) mass is 194 g/mol. The van der Waals surface area contributed by atoms with Crippen molar-refractivity contribution in [3.05, 3.63) is 23.8 Å². The second-order valence-corrected chi connectivity index (χ2v) is 3.72. The Morgan fingerprint density at radius 2 is 2.29 bits per heavy atom. The lowest BCUT2D eigenvalue weighted by atomic mass is 10.1. The molecule has 0 saturated heterocycles. The highest BCUT2D eigenvalue weighted by atomic mass is 16.5. The van der Waals surface area contributed by atoms with Crippen molar-refractivity contribution < 1.29 is 14.9 Å². The van der Waals surface area contributed by atoms with Crippen molar-refractivity contribution >= 4 is 0 Å². The first-order valence-corrected chi connectivity index (χ1v) is 4.74. The van der Waals surface area contributed by atoms with Crippen molar-refractivity contribution in [2.75, 3.05) is 13.7 Å². The number of aromatic hydroxyl groups is 1. The van der Waals surface area contributed by atoms with Crippen molar-refractivity contribution in [3.8, 4) is 11.5 Å². The molecule has 2 N–H and O–H groups in total. The van der Waals surface area contributed by atoms with Crippen molar-refractivity contribution in [1.82, 2.24) is 0 Å². The topological polar surface area (TPSA) is 49.7 Å². The molecule has 1 aliphatic rings. The number of rotatable bonds is 3. The number of phenolic OH excluding ortho intramolecular Hbond substituents is 1. The van der Waals surface area contributed by atoms with Crippen LogP contribution in [0.2, 0.25) is 0 Å². The number of aliphatic hydroxyl groups is 1. The Labute approximate surface area is 83.0 Å². The molecule has 2 atom stereocenters. The highest BCUT2D eigenvalue weighted by Gasteiger charge is 2.37. The molecule has 0 unspecified atom stereocenters. The smallest absolute Gasteiger partial charge is 0.160 e. The molecule has 3 heteroatoms. The largest absolute Gasteiger partial charge is 0.504 e. The Hall–Kier alpha value is -1.22. The molecule has 2 rings (SSSR count). The SMILES string of the molecule is COc1cc([C@@H]2C[C@H]2CO)ccc1O. The molecule has 14 heavy (non-hydrogen) atoms. The van der Waals surface area contributed by atoms with Gasteiger partial charge in [0.25, 0.3) is 0 Å². The fourth-order valence-corrected chi connectivity index (χ4v) is 1.78. The first-order valence-electron chi connectivity index (χ1n) is 4.74. The minimum atomic E-state index is 0.164. The molecule has 0 heterocycles. The number of hydrogen-bond acceptors (Lipinski definition) is 3. The van der Waals surface area contributed by atoms with Gasteiger partial charge in [0.05, 0.1) is 7.11 Å². The van der Waals surface area contributed by atoms with E-state index in [1.807, 2.05) is 12.1 Å². The van der Waals surface area contributed by atoms with Gasteiger partial charge in [-0.15, -0.1) is 0 Å². The average Bonchev–Trinajstić information content (AvgIpc) is 2.98. The van der Waals surface area contributed by atoms with Gasteiger partial charge < -0.3 is 14.9 Å². The third-order valence-corrected chi connectivity index (χ3v) is 2.79. The van der Waals surface area contributed by atoms with Gasteiger partial charge in [0.2, 0.25) is 0 Å². The third-order valence-electron chi connectivity index (χ3n) is 2.79. The molecular formula is C11H14O3. The van der Waals surface area contributed by atoms with Crippen molar-refractivity contribution in [2.24, 2.45) is 5.92 Å². The quantitative estimate of drug-likeness (QED) is 0.766. The van der Waals surface area contributed by atoms with E-state index in [4.69, 9.17) is 9.84 Å². The summed E-state index contributed by atoms with van der Waals surface area (Å²) >= 11 is 0. The van der Waals surface area contributed by atoms with Crippen LogP contribution in [-0.2, 0) is 0 Å². The number of phenols is 1. The summed E-state index contributed by atoms with van der Waals surface area (Å²) in [5.41, 5.74) is 1.14. The second-order valence-electron chi connectivity index (χ2n) is 3.72. The molecule has 3 nitrogen and oxygen atoms in total. The molecule has 1 saturated carbocycles. The normalized spacial score (nSPS) is 24.7. The first-order chi connectivity index (χ1) is 6.76. The van der Waals surface area contributed by atoms with E-state index in [0.717, 1.165) is 12.0 Å². The van der Waals surface area contributed by atoms with Crippen molar-refractivity contribution in [3.63, 3.8) is 0 Å². The van der Waals surface area contributed by atoms with Gasteiger partial charge in [0, 0.05) is 6.61 Å². The van der Waals surface area contributed by atoms with Gasteiger partial charge in [-0.3, -0.25) is 0 Å². The molecule has 0 bridgehead atoms. The zero-order valence-corrected chi connectivity index (χ0v) is 8.10. The lowest BCUT2D eigenvalue weighted by Gasteiger charge is -2.05. The minimum absolute atomic E-state index is 0.164. The minimum Gasteiger partial charge on any atom is -0.504 e. The predicted molar refractivity (Wildman–Crippen MR) is 52.6 cm³/mol. The highest BCUT2D eigenvalue weighted by molar-refractivity contribution is 5.44. The van der Waals surface area contributed by atoms with Crippen molar-refractivity contribution in [2.45, 2.75) is 12.3 Å². The third kappa shape index (κ3) is 1.55.